The van der Waals surface area contributed by atoms with Crippen LogP contribution in [-0.2, 0) is 0 Å². The van der Waals surface area contributed by atoms with Crippen LogP contribution in [0, 0.1) is 11.7 Å². The molecule has 0 aliphatic carbocycles. The first-order valence-corrected chi connectivity index (χ1v) is 6.86. The highest BCUT2D eigenvalue weighted by molar-refractivity contribution is 5.56. The summed E-state index contributed by atoms with van der Waals surface area (Å²) in [6.07, 6.45) is 0. The van der Waals surface area contributed by atoms with Gasteiger partial charge in [0.15, 0.2) is 0 Å². The monoisotopic (exact) mass is 265 g/mol. The standard InChI is InChI=1S/C15H24FN3/c1-10-8-19(9-15(10)18(3)4)14-6-5-12(16)7-13(14)11(2)17/h5-7,10-11,15H,8-9,17H2,1-4H3. The van der Waals surface area contributed by atoms with Crippen molar-refractivity contribution >= 4 is 5.69 Å². The van der Waals surface area contributed by atoms with Gasteiger partial charge in [0, 0.05) is 30.9 Å². The molecule has 0 radical (unpaired) electrons. The maximum absolute atomic E-state index is 13.4. The third-order valence-corrected chi connectivity index (χ3v) is 4.06. The van der Waals surface area contributed by atoms with E-state index in [2.05, 4.69) is 30.8 Å². The van der Waals surface area contributed by atoms with E-state index in [-0.39, 0.29) is 11.9 Å². The minimum absolute atomic E-state index is 0.153. The van der Waals surface area contributed by atoms with E-state index in [0.29, 0.717) is 12.0 Å². The van der Waals surface area contributed by atoms with Crippen molar-refractivity contribution in [1.29, 1.82) is 0 Å². The third kappa shape index (κ3) is 2.90. The second-order valence-electron chi connectivity index (χ2n) is 5.91. The average Bonchev–Trinajstić information content (AvgIpc) is 2.71. The topological polar surface area (TPSA) is 32.5 Å². The van der Waals surface area contributed by atoms with Crippen LogP contribution >= 0.6 is 0 Å². The largest absolute Gasteiger partial charge is 0.369 e. The van der Waals surface area contributed by atoms with Gasteiger partial charge in [-0.05, 0) is 50.7 Å². The number of hydrogen-bond acceptors (Lipinski definition) is 3. The van der Waals surface area contributed by atoms with Crippen molar-refractivity contribution in [2.75, 3.05) is 32.1 Å². The maximum Gasteiger partial charge on any atom is 0.123 e. The number of nitrogens with zero attached hydrogens (tertiary/aromatic N) is 2. The minimum atomic E-state index is -0.215. The highest BCUT2D eigenvalue weighted by Gasteiger charge is 2.32. The summed E-state index contributed by atoms with van der Waals surface area (Å²) in [6, 6.07) is 5.33. The van der Waals surface area contributed by atoms with Crippen LogP contribution in [0.1, 0.15) is 25.5 Å². The summed E-state index contributed by atoms with van der Waals surface area (Å²) in [5.41, 5.74) is 7.95. The van der Waals surface area contributed by atoms with Crippen molar-refractivity contribution in [2.24, 2.45) is 11.7 Å². The smallest absolute Gasteiger partial charge is 0.123 e. The van der Waals surface area contributed by atoms with Crippen molar-refractivity contribution in [3.8, 4) is 0 Å². The molecule has 0 amide bonds. The molecule has 106 valence electrons. The maximum atomic E-state index is 13.4. The van der Waals surface area contributed by atoms with Crippen LogP contribution in [0.5, 0.6) is 0 Å². The molecule has 2 rings (SSSR count). The lowest BCUT2D eigenvalue weighted by Gasteiger charge is -2.25. The first kappa shape index (κ1) is 14.3. The molecule has 1 aromatic rings. The molecule has 1 heterocycles. The van der Waals surface area contributed by atoms with Gasteiger partial charge in [0.1, 0.15) is 5.82 Å². The first-order valence-electron chi connectivity index (χ1n) is 6.86. The van der Waals surface area contributed by atoms with Crippen molar-refractivity contribution in [3.63, 3.8) is 0 Å². The second kappa shape index (κ2) is 5.47. The van der Waals surface area contributed by atoms with Crippen molar-refractivity contribution in [3.05, 3.63) is 29.6 Å². The van der Waals surface area contributed by atoms with Gasteiger partial charge in [-0.25, -0.2) is 4.39 Å². The zero-order valence-corrected chi connectivity index (χ0v) is 12.2. The van der Waals surface area contributed by atoms with Gasteiger partial charge in [0.05, 0.1) is 0 Å². The molecule has 3 unspecified atom stereocenters. The Morgan fingerprint density at radius 2 is 2.05 bits per heavy atom. The second-order valence-corrected chi connectivity index (χ2v) is 5.91. The average molecular weight is 265 g/mol. The summed E-state index contributed by atoms with van der Waals surface area (Å²) < 4.78 is 13.4. The predicted octanol–water partition coefficient (Wildman–Crippen LogP) is 2.23. The summed E-state index contributed by atoms with van der Waals surface area (Å²) in [4.78, 5) is 4.59. The zero-order chi connectivity index (χ0) is 14.2. The van der Waals surface area contributed by atoms with Crippen molar-refractivity contribution in [2.45, 2.75) is 25.9 Å². The molecule has 1 aromatic carbocycles. The van der Waals surface area contributed by atoms with E-state index >= 15 is 0 Å². The molecule has 1 aliphatic rings. The lowest BCUT2D eigenvalue weighted by atomic mass is 10.1. The number of nitrogens with two attached hydrogens (primary N) is 1. The fourth-order valence-electron chi connectivity index (χ4n) is 3.00. The van der Waals surface area contributed by atoms with Crippen LogP contribution in [0.15, 0.2) is 18.2 Å². The first-order chi connectivity index (χ1) is 8.90. The Balaban J connectivity index is 2.28. The van der Waals surface area contributed by atoms with E-state index < -0.39 is 0 Å². The van der Waals surface area contributed by atoms with Gasteiger partial charge in [-0.1, -0.05) is 6.92 Å². The van der Waals surface area contributed by atoms with Gasteiger partial charge >= 0.3 is 0 Å². The van der Waals surface area contributed by atoms with Crippen LogP contribution < -0.4 is 10.6 Å². The molecule has 0 spiro atoms. The molecule has 0 aromatic heterocycles. The van der Waals surface area contributed by atoms with Gasteiger partial charge in [0.2, 0.25) is 0 Å². The minimum Gasteiger partial charge on any atom is -0.369 e. The lowest BCUT2D eigenvalue weighted by Crippen LogP contribution is -2.34. The molecule has 3 atom stereocenters. The zero-order valence-electron chi connectivity index (χ0n) is 12.2. The molecule has 3 nitrogen and oxygen atoms in total. The summed E-state index contributed by atoms with van der Waals surface area (Å²) in [5.74, 6) is 0.383. The molecular weight excluding hydrogens is 241 g/mol. The fourth-order valence-corrected chi connectivity index (χ4v) is 3.00. The summed E-state index contributed by atoms with van der Waals surface area (Å²) in [5, 5.41) is 0. The van der Waals surface area contributed by atoms with E-state index in [1.165, 1.54) is 6.07 Å². The number of rotatable bonds is 3. The molecule has 0 bridgehead atoms. The van der Waals surface area contributed by atoms with Crippen molar-refractivity contribution < 1.29 is 4.39 Å². The highest BCUT2D eigenvalue weighted by atomic mass is 19.1. The van der Waals surface area contributed by atoms with Gasteiger partial charge < -0.3 is 15.5 Å². The summed E-state index contributed by atoms with van der Waals surface area (Å²) >= 11 is 0. The third-order valence-electron chi connectivity index (χ3n) is 4.06. The quantitative estimate of drug-likeness (QED) is 0.909. The summed E-state index contributed by atoms with van der Waals surface area (Å²) in [7, 11) is 4.23. The molecule has 1 saturated heterocycles. The molecule has 2 N–H and O–H groups in total. The molecule has 1 aliphatic heterocycles. The van der Waals surface area contributed by atoms with Crippen LogP contribution in [0.4, 0.5) is 10.1 Å². The summed E-state index contributed by atoms with van der Waals surface area (Å²) in [6.45, 7) is 6.13. The molecule has 0 saturated carbocycles. The van der Waals surface area contributed by atoms with E-state index in [9.17, 15) is 4.39 Å². The number of likely N-dealkylation sites (N-methyl/N-ethyl adjacent to an activating group) is 1. The van der Waals surface area contributed by atoms with E-state index in [1.54, 1.807) is 6.07 Å². The Kier molecular flexibility index (Phi) is 4.11. The Labute approximate surface area is 115 Å². The van der Waals surface area contributed by atoms with E-state index in [4.69, 9.17) is 5.73 Å². The Bertz CT molecular complexity index is 445. The number of hydrogen-bond donors (Lipinski definition) is 1. The van der Waals surface area contributed by atoms with Crippen LogP contribution in [-0.4, -0.2) is 38.1 Å². The number of halogens is 1. The lowest BCUT2D eigenvalue weighted by molar-refractivity contribution is 0.266. The van der Waals surface area contributed by atoms with E-state index in [1.807, 2.05) is 13.0 Å². The Hall–Kier alpha value is -1.13. The van der Waals surface area contributed by atoms with Crippen LogP contribution in [0.3, 0.4) is 0 Å². The highest BCUT2D eigenvalue weighted by Crippen LogP contribution is 2.31. The van der Waals surface area contributed by atoms with Crippen LogP contribution in [0.2, 0.25) is 0 Å². The molecule has 1 fully saturated rings. The predicted molar refractivity (Wildman–Crippen MR) is 77.9 cm³/mol. The molecule has 4 heteroatoms. The van der Waals surface area contributed by atoms with Gasteiger partial charge in [-0.3, -0.25) is 0 Å². The van der Waals surface area contributed by atoms with Crippen molar-refractivity contribution in [1.82, 2.24) is 4.90 Å². The number of anilines is 1. The molecule has 19 heavy (non-hydrogen) atoms. The van der Waals surface area contributed by atoms with E-state index in [0.717, 1.165) is 24.3 Å². The van der Waals surface area contributed by atoms with Gasteiger partial charge in [-0.15, -0.1) is 0 Å². The molecular formula is C15H24FN3. The SMILES string of the molecule is CC(N)c1cc(F)ccc1N1CC(C)C(N(C)C)C1. The normalized spacial score (nSPS) is 25.1. The van der Waals surface area contributed by atoms with Gasteiger partial charge in [0.25, 0.3) is 0 Å². The Morgan fingerprint density at radius 1 is 1.37 bits per heavy atom. The number of benzene rings is 1. The Morgan fingerprint density at radius 3 is 2.58 bits per heavy atom. The fraction of sp³-hybridized carbons (Fsp3) is 0.600. The van der Waals surface area contributed by atoms with Gasteiger partial charge in [-0.2, -0.15) is 0 Å². The van der Waals surface area contributed by atoms with Crippen LogP contribution in [0.25, 0.3) is 0 Å².